The summed E-state index contributed by atoms with van der Waals surface area (Å²) in [6, 6.07) is 5.94. The number of halogens is 1. The molecule has 6 heteroatoms. The van der Waals surface area contributed by atoms with Gasteiger partial charge in [0.2, 0.25) is 5.91 Å². The number of aromatic nitrogens is 2. The van der Waals surface area contributed by atoms with Crippen LogP contribution < -0.4 is 10.6 Å². The minimum Gasteiger partial charge on any atom is -0.335 e. The second-order valence-electron chi connectivity index (χ2n) is 4.53. The molecule has 1 aromatic carbocycles. The van der Waals surface area contributed by atoms with E-state index in [2.05, 4.69) is 25.9 Å². The molecule has 3 rings (SSSR count). The molecule has 0 spiro atoms. The number of nitrogens with zero attached hydrogens (tertiary/aromatic N) is 2. The molecule has 3 N–H and O–H groups in total. The van der Waals surface area contributed by atoms with Crippen LogP contribution in [-0.4, -0.2) is 22.9 Å². The first-order valence-corrected chi connectivity index (χ1v) is 6.73. The number of nitrogens with one attached hydrogen (secondary N) is 1. The van der Waals surface area contributed by atoms with E-state index >= 15 is 0 Å². The minimum atomic E-state index is 0.120. The Balaban J connectivity index is 2.08. The lowest BCUT2D eigenvalue weighted by molar-refractivity contribution is -0.117. The molecule has 1 amide bonds. The van der Waals surface area contributed by atoms with Gasteiger partial charge in [0.15, 0.2) is 4.73 Å². The number of likely N-dealkylation sites (N-methyl/N-ethyl adjacent to an activating group) is 1. The summed E-state index contributed by atoms with van der Waals surface area (Å²) in [7, 11) is 1.80. The van der Waals surface area contributed by atoms with Crippen LogP contribution in [0.2, 0.25) is 0 Å². The van der Waals surface area contributed by atoms with Gasteiger partial charge in [0.25, 0.3) is 0 Å². The van der Waals surface area contributed by atoms with Crippen molar-refractivity contribution >= 4 is 27.5 Å². The number of H-pyrrole nitrogens is 1. The van der Waals surface area contributed by atoms with Gasteiger partial charge in [-0.3, -0.25) is 4.79 Å². The molecule has 2 aromatic rings. The summed E-state index contributed by atoms with van der Waals surface area (Å²) in [4.78, 5) is 20.8. The number of anilines is 1. The molecule has 0 radical (unpaired) electrons. The van der Waals surface area contributed by atoms with Crippen LogP contribution >= 0.6 is 15.9 Å². The number of aromatic amines is 1. The molecule has 0 saturated heterocycles. The Bertz CT molecular complexity index is 665. The van der Waals surface area contributed by atoms with Crippen molar-refractivity contribution in [2.24, 2.45) is 5.73 Å². The van der Waals surface area contributed by atoms with Gasteiger partial charge in [-0.2, -0.15) is 0 Å². The molecule has 0 atom stereocenters. The fraction of sp³-hybridized carbons (Fsp3) is 0.231. The van der Waals surface area contributed by atoms with Gasteiger partial charge in [-0.15, -0.1) is 0 Å². The van der Waals surface area contributed by atoms with Crippen molar-refractivity contribution < 1.29 is 4.79 Å². The smallest absolute Gasteiger partial charge is 0.231 e. The SMILES string of the molecule is CN1C(=O)Cc2cc(-c3nc(Br)[nH]c3CN)ccc21. The number of rotatable bonds is 2. The monoisotopic (exact) mass is 320 g/mol. The van der Waals surface area contributed by atoms with Crippen molar-refractivity contribution in [3.05, 3.63) is 34.2 Å². The lowest BCUT2D eigenvalue weighted by Crippen LogP contribution is -2.20. The number of carbonyl (C=O) groups is 1. The van der Waals surface area contributed by atoms with E-state index in [-0.39, 0.29) is 5.91 Å². The summed E-state index contributed by atoms with van der Waals surface area (Å²) in [5.41, 5.74) is 10.4. The van der Waals surface area contributed by atoms with Gasteiger partial charge in [0.1, 0.15) is 0 Å². The summed E-state index contributed by atoms with van der Waals surface area (Å²) in [5.74, 6) is 0.120. The Morgan fingerprint density at radius 2 is 2.32 bits per heavy atom. The molecular weight excluding hydrogens is 308 g/mol. The number of carbonyl (C=O) groups excluding carboxylic acids is 1. The summed E-state index contributed by atoms with van der Waals surface area (Å²) >= 11 is 3.32. The summed E-state index contributed by atoms with van der Waals surface area (Å²) in [5, 5.41) is 0. The van der Waals surface area contributed by atoms with Crippen LogP contribution in [0.1, 0.15) is 11.3 Å². The van der Waals surface area contributed by atoms with Gasteiger partial charge in [-0.1, -0.05) is 6.07 Å². The highest BCUT2D eigenvalue weighted by atomic mass is 79.9. The van der Waals surface area contributed by atoms with Gasteiger partial charge in [0, 0.05) is 24.8 Å². The van der Waals surface area contributed by atoms with Crippen molar-refractivity contribution in [3.63, 3.8) is 0 Å². The standard InChI is InChI=1S/C13H13BrN4O/c1-18-10-3-2-7(4-8(10)5-11(18)19)12-9(6-15)16-13(14)17-12/h2-4H,5-6,15H2,1H3,(H,16,17). The Labute approximate surface area is 119 Å². The first-order valence-electron chi connectivity index (χ1n) is 5.94. The Hall–Kier alpha value is -1.66. The number of hydrogen-bond acceptors (Lipinski definition) is 3. The van der Waals surface area contributed by atoms with Crippen molar-refractivity contribution in [3.8, 4) is 11.3 Å². The highest BCUT2D eigenvalue weighted by molar-refractivity contribution is 9.10. The number of hydrogen-bond donors (Lipinski definition) is 2. The third-order valence-corrected chi connectivity index (χ3v) is 3.76. The summed E-state index contributed by atoms with van der Waals surface area (Å²) in [6.07, 6.45) is 0.448. The average Bonchev–Trinajstić information content (AvgIpc) is 2.91. The lowest BCUT2D eigenvalue weighted by Gasteiger charge is -2.10. The van der Waals surface area contributed by atoms with Crippen LogP contribution in [-0.2, 0) is 17.8 Å². The largest absolute Gasteiger partial charge is 0.335 e. The molecule has 5 nitrogen and oxygen atoms in total. The molecule has 2 heterocycles. The molecule has 19 heavy (non-hydrogen) atoms. The molecule has 0 saturated carbocycles. The van der Waals surface area contributed by atoms with Crippen LogP contribution in [0.3, 0.4) is 0 Å². The molecule has 1 aromatic heterocycles. The molecule has 98 valence electrons. The zero-order chi connectivity index (χ0) is 13.6. The van der Waals surface area contributed by atoms with Gasteiger partial charge in [-0.25, -0.2) is 4.98 Å². The molecule has 0 bridgehead atoms. The zero-order valence-electron chi connectivity index (χ0n) is 10.4. The number of nitrogens with two attached hydrogens (primary N) is 1. The fourth-order valence-corrected chi connectivity index (χ4v) is 2.80. The van der Waals surface area contributed by atoms with Crippen LogP contribution in [0.4, 0.5) is 5.69 Å². The summed E-state index contributed by atoms with van der Waals surface area (Å²) in [6.45, 7) is 0.393. The third-order valence-electron chi connectivity index (χ3n) is 3.38. The predicted molar refractivity (Wildman–Crippen MR) is 76.7 cm³/mol. The van der Waals surface area contributed by atoms with Crippen LogP contribution in [0.5, 0.6) is 0 Å². The molecule has 1 aliphatic rings. The van der Waals surface area contributed by atoms with Crippen molar-refractivity contribution in [2.45, 2.75) is 13.0 Å². The quantitative estimate of drug-likeness (QED) is 0.886. The fourth-order valence-electron chi connectivity index (χ4n) is 2.38. The van der Waals surface area contributed by atoms with E-state index in [0.717, 1.165) is 28.2 Å². The van der Waals surface area contributed by atoms with Gasteiger partial charge in [-0.05, 0) is 33.6 Å². The van der Waals surface area contributed by atoms with E-state index < -0.39 is 0 Å². The molecule has 1 aliphatic heterocycles. The Morgan fingerprint density at radius 1 is 1.53 bits per heavy atom. The highest BCUT2D eigenvalue weighted by Crippen LogP contribution is 2.32. The zero-order valence-corrected chi connectivity index (χ0v) is 12.0. The number of imidazole rings is 1. The lowest BCUT2D eigenvalue weighted by atomic mass is 10.0. The van der Waals surface area contributed by atoms with E-state index in [4.69, 9.17) is 5.73 Å². The topological polar surface area (TPSA) is 75.0 Å². The maximum absolute atomic E-state index is 11.7. The maximum Gasteiger partial charge on any atom is 0.231 e. The third kappa shape index (κ3) is 1.97. The minimum absolute atomic E-state index is 0.120. The Morgan fingerprint density at radius 3 is 3.05 bits per heavy atom. The second-order valence-corrected chi connectivity index (χ2v) is 5.28. The molecular formula is C13H13BrN4O. The predicted octanol–water partition coefficient (Wildman–Crippen LogP) is 1.82. The molecule has 0 unspecified atom stereocenters. The van der Waals surface area contributed by atoms with E-state index in [1.54, 1.807) is 11.9 Å². The van der Waals surface area contributed by atoms with Crippen molar-refractivity contribution in [2.75, 3.05) is 11.9 Å². The first kappa shape index (κ1) is 12.4. The molecule has 0 aliphatic carbocycles. The maximum atomic E-state index is 11.7. The highest BCUT2D eigenvalue weighted by Gasteiger charge is 2.24. The van der Waals surface area contributed by atoms with Crippen LogP contribution in [0, 0.1) is 0 Å². The normalized spacial score (nSPS) is 14.1. The van der Waals surface area contributed by atoms with Crippen LogP contribution in [0.15, 0.2) is 22.9 Å². The number of amides is 1. The van der Waals surface area contributed by atoms with E-state index in [9.17, 15) is 4.79 Å². The Kier molecular flexibility index (Phi) is 2.91. The van der Waals surface area contributed by atoms with E-state index in [1.165, 1.54) is 0 Å². The van der Waals surface area contributed by atoms with Crippen LogP contribution in [0.25, 0.3) is 11.3 Å². The van der Waals surface area contributed by atoms with Gasteiger partial charge >= 0.3 is 0 Å². The van der Waals surface area contributed by atoms with Gasteiger partial charge in [0.05, 0.1) is 17.8 Å². The molecule has 0 fully saturated rings. The van der Waals surface area contributed by atoms with E-state index in [0.29, 0.717) is 17.7 Å². The number of benzene rings is 1. The van der Waals surface area contributed by atoms with Gasteiger partial charge < -0.3 is 15.6 Å². The summed E-state index contributed by atoms with van der Waals surface area (Å²) < 4.78 is 0.664. The number of fused-ring (bicyclic) bond motifs is 1. The second kappa shape index (κ2) is 4.47. The van der Waals surface area contributed by atoms with E-state index in [1.807, 2.05) is 18.2 Å². The van der Waals surface area contributed by atoms with Crippen molar-refractivity contribution in [1.29, 1.82) is 0 Å². The average molecular weight is 321 g/mol. The van der Waals surface area contributed by atoms with Crippen molar-refractivity contribution in [1.82, 2.24) is 9.97 Å². The first-order chi connectivity index (χ1) is 9.10.